The van der Waals surface area contributed by atoms with Crippen molar-refractivity contribution in [3.8, 4) is 0 Å². The van der Waals surface area contributed by atoms with Crippen LogP contribution in [0.5, 0.6) is 0 Å². The Hall–Kier alpha value is -3.22. The number of ketones is 1. The van der Waals surface area contributed by atoms with Crippen LogP contribution >= 0.6 is 0 Å². The summed E-state index contributed by atoms with van der Waals surface area (Å²) in [6, 6.07) is 8.01. The SMILES string of the molecule is Cc1c(C(=O)NCc2ccc(Cn3cncn3)cc2)[nH]c2c1C(=O)CCC2. The minimum Gasteiger partial charge on any atom is -0.354 e. The molecule has 0 saturated carbocycles. The smallest absolute Gasteiger partial charge is 0.268 e. The summed E-state index contributed by atoms with van der Waals surface area (Å²) in [6.45, 7) is 2.93. The van der Waals surface area contributed by atoms with E-state index in [0.717, 1.165) is 35.2 Å². The Kier molecular flexibility index (Phi) is 4.58. The van der Waals surface area contributed by atoms with Gasteiger partial charge in [0.15, 0.2) is 5.78 Å². The second-order valence-corrected chi connectivity index (χ2v) is 6.85. The molecule has 1 amide bonds. The molecule has 3 aromatic rings. The monoisotopic (exact) mass is 363 g/mol. The molecular weight excluding hydrogens is 342 g/mol. The lowest BCUT2D eigenvalue weighted by atomic mass is 9.94. The Morgan fingerprint density at radius 3 is 2.70 bits per heavy atom. The molecule has 1 aromatic carbocycles. The highest BCUT2D eigenvalue weighted by Crippen LogP contribution is 2.26. The van der Waals surface area contributed by atoms with Gasteiger partial charge in [0.05, 0.1) is 6.54 Å². The van der Waals surface area contributed by atoms with Gasteiger partial charge in [-0.25, -0.2) is 9.67 Å². The first-order chi connectivity index (χ1) is 13.1. The molecule has 0 fully saturated rings. The standard InChI is InChI=1S/C20H21N5O2/c1-13-18-16(3-2-4-17(18)26)24-19(13)20(27)22-9-14-5-7-15(8-6-14)10-25-12-21-11-23-25/h5-8,11-12,24H,2-4,9-10H2,1H3,(H,22,27). The predicted octanol–water partition coefficient (Wildman–Crippen LogP) is 2.41. The molecule has 0 spiro atoms. The second-order valence-electron chi connectivity index (χ2n) is 6.85. The average Bonchev–Trinajstić information content (AvgIpc) is 3.29. The summed E-state index contributed by atoms with van der Waals surface area (Å²) < 4.78 is 1.76. The molecule has 0 saturated heterocycles. The lowest BCUT2D eigenvalue weighted by Gasteiger charge is -2.09. The van der Waals surface area contributed by atoms with E-state index in [4.69, 9.17) is 0 Å². The number of nitrogens with zero attached hydrogens (tertiary/aromatic N) is 3. The number of Topliss-reactive ketones (excluding diaryl/α,β-unsaturated/α-hetero) is 1. The molecule has 2 aromatic heterocycles. The quantitative estimate of drug-likeness (QED) is 0.728. The van der Waals surface area contributed by atoms with Crippen LogP contribution in [-0.4, -0.2) is 31.4 Å². The van der Waals surface area contributed by atoms with E-state index in [1.807, 2.05) is 31.2 Å². The molecule has 0 bridgehead atoms. The fourth-order valence-electron chi connectivity index (χ4n) is 3.54. The largest absolute Gasteiger partial charge is 0.354 e. The Bertz CT molecular complexity index is 971. The summed E-state index contributed by atoms with van der Waals surface area (Å²) in [5.74, 6) is -0.0478. The number of fused-ring (bicyclic) bond motifs is 1. The first-order valence-corrected chi connectivity index (χ1v) is 9.05. The number of carbonyl (C=O) groups excluding carboxylic acids is 2. The van der Waals surface area contributed by atoms with E-state index >= 15 is 0 Å². The molecule has 0 unspecified atom stereocenters. The molecule has 27 heavy (non-hydrogen) atoms. The molecule has 2 N–H and O–H groups in total. The first kappa shape index (κ1) is 17.2. The highest BCUT2D eigenvalue weighted by molar-refractivity contribution is 6.04. The third kappa shape index (κ3) is 3.53. The summed E-state index contributed by atoms with van der Waals surface area (Å²) >= 11 is 0. The van der Waals surface area contributed by atoms with Crippen molar-refractivity contribution in [3.05, 3.63) is 70.6 Å². The Morgan fingerprint density at radius 2 is 2.00 bits per heavy atom. The number of aromatic amines is 1. The fraction of sp³-hybridized carbons (Fsp3) is 0.300. The van der Waals surface area contributed by atoms with Crippen LogP contribution in [0.1, 0.15) is 56.1 Å². The molecule has 138 valence electrons. The molecular formula is C20H21N5O2. The van der Waals surface area contributed by atoms with Gasteiger partial charge in [0.1, 0.15) is 18.3 Å². The molecule has 7 nitrogen and oxygen atoms in total. The van der Waals surface area contributed by atoms with Gasteiger partial charge in [-0.05, 0) is 36.5 Å². The van der Waals surface area contributed by atoms with Gasteiger partial charge in [-0.1, -0.05) is 24.3 Å². The van der Waals surface area contributed by atoms with Crippen LogP contribution in [0.3, 0.4) is 0 Å². The van der Waals surface area contributed by atoms with Gasteiger partial charge in [0.25, 0.3) is 5.91 Å². The Labute approximate surface area is 156 Å². The van der Waals surface area contributed by atoms with Gasteiger partial charge in [0.2, 0.25) is 0 Å². The lowest BCUT2D eigenvalue weighted by Crippen LogP contribution is -2.24. The van der Waals surface area contributed by atoms with E-state index in [9.17, 15) is 9.59 Å². The summed E-state index contributed by atoms with van der Waals surface area (Å²) in [7, 11) is 0. The van der Waals surface area contributed by atoms with Crippen LogP contribution < -0.4 is 5.32 Å². The number of H-pyrrole nitrogens is 1. The maximum Gasteiger partial charge on any atom is 0.268 e. The minimum absolute atomic E-state index is 0.132. The van der Waals surface area contributed by atoms with Crippen LogP contribution in [0.4, 0.5) is 0 Å². The van der Waals surface area contributed by atoms with Crippen molar-refractivity contribution < 1.29 is 9.59 Å². The van der Waals surface area contributed by atoms with Crippen LogP contribution in [-0.2, 0) is 19.5 Å². The molecule has 0 radical (unpaired) electrons. The number of benzene rings is 1. The maximum atomic E-state index is 12.6. The van der Waals surface area contributed by atoms with E-state index in [1.165, 1.54) is 6.33 Å². The highest BCUT2D eigenvalue weighted by Gasteiger charge is 2.26. The van der Waals surface area contributed by atoms with E-state index in [0.29, 0.717) is 30.8 Å². The van der Waals surface area contributed by atoms with Crippen molar-refractivity contribution in [3.63, 3.8) is 0 Å². The van der Waals surface area contributed by atoms with Gasteiger partial charge in [-0.3, -0.25) is 9.59 Å². The summed E-state index contributed by atoms with van der Waals surface area (Å²) in [4.78, 5) is 31.8. The number of hydrogen-bond donors (Lipinski definition) is 2. The molecule has 4 rings (SSSR count). The van der Waals surface area contributed by atoms with Crippen LogP contribution in [0.2, 0.25) is 0 Å². The van der Waals surface area contributed by atoms with E-state index in [1.54, 1.807) is 11.0 Å². The van der Waals surface area contributed by atoms with E-state index < -0.39 is 0 Å². The Morgan fingerprint density at radius 1 is 1.22 bits per heavy atom. The van der Waals surface area contributed by atoms with Crippen LogP contribution in [0.25, 0.3) is 0 Å². The van der Waals surface area contributed by atoms with Crippen LogP contribution in [0, 0.1) is 6.92 Å². The number of aryl methyl sites for hydroxylation is 1. The third-order valence-electron chi connectivity index (χ3n) is 4.95. The Balaban J connectivity index is 1.40. The molecule has 1 aliphatic carbocycles. The zero-order chi connectivity index (χ0) is 18.8. The van der Waals surface area contributed by atoms with Gasteiger partial charge in [-0.15, -0.1) is 0 Å². The molecule has 7 heteroatoms. The molecule has 1 aliphatic rings. The van der Waals surface area contributed by atoms with Gasteiger partial charge < -0.3 is 10.3 Å². The number of amides is 1. The van der Waals surface area contributed by atoms with Gasteiger partial charge in [-0.2, -0.15) is 5.10 Å². The van der Waals surface area contributed by atoms with E-state index in [2.05, 4.69) is 20.4 Å². The number of aromatic nitrogens is 4. The van der Waals surface area contributed by atoms with Gasteiger partial charge in [0, 0.05) is 24.2 Å². The van der Waals surface area contributed by atoms with Crippen molar-refractivity contribution in [2.75, 3.05) is 0 Å². The topological polar surface area (TPSA) is 92.7 Å². The molecule has 2 heterocycles. The minimum atomic E-state index is -0.179. The summed E-state index contributed by atoms with van der Waals surface area (Å²) in [5, 5.41) is 7.03. The number of rotatable bonds is 5. The van der Waals surface area contributed by atoms with Crippen molar-refractivity contribution >= 4 is 11.7 Å². The summed E-state index contributed by atoms with van der Waals surface area (Å²) in [5.41, 5.74) is 4.99. The van der Waals surface area contributed by atoms with Crippen molar-refractivity contribution in [2.45, 2.75) is 39.3 Å². The van der Waals surface area contributed by atoms with Crippen LogP contribution in [0.15, 0.2) is 36.9 Å². The predicted molar refractivity (Wildman–Crippen MR) is 99.5 cm³/mol. The third-order valence-corrected chi connectivity index (χ3v) is 4.95. The lowest BCUT2D eigenvalue weighted by molar-refractivity contribution is 0.0945. The zero-order valence-corrected chi connectivity index (χ0v) is 15.2. The summed E-state index contributed by atoms with van der Waals surface area (Å²) in [6.07, 6.45) is 5.42. The van der Waals surface area contributed by atoms with E-state index in [-0.39, 0.29) is 11.7 Å². The number of hydrogen-bond acceptors (Lipinski definition) is 4. The number of nitrogens with one attached hydrogen (secondary N) is 2. The molecule has 0 atom stereocenters. The average molecular weight is 363 g/mol. The fourth-order valence-corrected chi connectivity index (χ4v) is 3.54. The maximum absolute atomic E-state index is 12.6. The van der Waals surface area contributed by atoms with Gasteiger partial charge >= 0.3 is 0 Å². The van der Waals surface area contributed by atoms with Crippen molar-refractivity contribution in [1.29, 1.82) is 0 Å². The normalized spacial score (nSPS) is 13.4. The number of carbonyl (C=O) groups is 2. The van der Waals surface area contributed by atoms with Crippen molar-refractivity contribution in [1.82, 2.24) is 25.1 Å². The first-order valence-electron chi connectivity index (χ1n) is 9.05. The molecule has 0 aliphatic heterocycles. The second kappa shape index (κ2) is 7.19. The van der Waals surface area contributed by atoms with Crippen molar-refractivity contribution in [2.24, 2.45) is 0 Å². The highest BCUT2D eigenvalue weighted by atomic mass is 16.2. The zero-order valence-electron chi connectivity index (χ0n) is 15.2.